The van der Waals surface area contributed by atoms with Gasteiger partial charge < -0.3 is 9.47 Å². The number of ether oxygens (including phenoxy) is 2. The predicted molar refractivity (Wildman–Crippen MR) is 76.7 cm³/mol. The van der Waals surface area contributed by atoms with Crippen molar-refractivity contribution in [2.45, 2.75) is 24.3 Å². The van der Waals surface area contributed by atoms with E-state index < -0.39 is 0 Å². The summed E-state index contributed by atoms with van der Waals surface area (Å²) >= 11 is 3.59. The lowest BCUT2D eigenvalue weighted by Gasteiger charge is -2.44. The highest BCUT2D eigenvalue weighted by Gasteiger charge is 2.44. The standard InChI is InChI=1S/C15H18BrNO2/c16-11-1-2-14-13(7-11)15(10-19-14)3-5-17(6-4-15)12-8-18-9-12/h1-2,7,12H,3-6,8-10H2. The fourth-order valence-corrected chi connectivity index (χ4v) is 3.86. The minimum absolute atomic E-state index is 0.250. The maximum absolute atomic E-state index is 5.92. The van der Waals surface area contributed by atoms with Crippen molar-refractivity contribution in [3.8, 4) is 5.75 Å². The summed E-state index contributed by atoms with van der Waals surface area (Å²) in [5, 5.41) is 0. The largest absolute Gasteiger partial charge is 0.492 e. The summed E-state index contributed by atoms with van der Waals surface area (Å²) in [7, 11) is 0. The third kappa shape index (κ3) is 1.92. The van der Waals surface area contributed by atoms with Crippen LogP contribution in [0, 0.1) is 0 Å². The summed E-state index contributed by atoms with van der Waals surface area (Å²) < 4.78 is 12.4. The molecule has 3 aliphatic rings. The van der Waals surface area contributed by atoms with Gasteiger partial charge >= 0.3 is 0 Å². The summed E-state index contributed by atoms with van der Waals surface area (Å²) in [5.41, 5.74) is 1.66. The summed E-state index contributed by atoms with van der Waals surface area (Å²) in [6, 6.07) is 7.09. The first-order valence-electron chi connectivity index (χ1n) is 7.01. The molecule has 1 aromatic carbocycles. The Hall–Kier alpha value is -0.580. The number of nitrogens with zero attached hydrogens (tertiary/aromatic N) is 1. The molecule has 3 aliphatic heterocycles. The molecule has 1 spiro atoms. The number of hydrogen-bond acceptors (Lipinski definition) is 3. The average Bonchev–Trinajstić information content (AvgIpc) is 2.69. The van der Waals surface area contributed by atoms with Crippen molar-refractivity contribution in [3.63, 3.8) is 0 Å². The van der Waals surface area contributed by atoms with E-state index in [9.17, 15) is 0 Å². The van der Waals surface area contributed by atoms with E-state index in [1.807, 2.05) is 0 Å². The van der Waals surface area contributed by atoms with Crippen LogP contribution in [0.1, 0.15) is 18.4 Å². The van der Waals surface area contributed by atoms with E-state index >= 15 is 0 Å². The van der Waals surface area contributed by atoms with Crippen molar-refractivity contribution >= 4 is 15.9 Å². The third-order valence-electron chi connectivity index (χ3n) is 4.91. The number of likely N-dealkylation sites (tertiary alicyclic amines) is 1. The van der Waals surface area contributed by atoms with E-state index in [0.29, 0.717) is 6.04 Å². The quantitative estimate of drug-likeness (QED) is 0.793. The van der Waals surface area contributed by atoms with Gasteiger partial charge in [-0.25, -0.2) is 0 Å². The van der Waals surface area contributed by atoms with E-state index in [4.69, 9.17) is 9.47 Å². The van der Waals surface area contributed by atoms with Crippen molar-refractivity contribution in [3.05, 3.63) is 28.2 Å². The lowest BCUT2D eigenvalue weighted by atomic mass is 9.74. The molecular weight excluding hydrogens is 306 g/mol. The molecule has 3 nitrogen and oxygen atoms in total. The number of piperidine rings is 1. The summed E-state index contributed by atoms with van der Waals surface area (Å²) in [6.45, 7) is 5.04. The molecule has 0 bridgehead atoms. The minimum Gasteiger partial charge on any atom is -0.492 e. The van der Waals surface area contributed by atoms with Crippen LogP contribution in [0.3, 0.4) is 0 Å². The summed E-state index contributed by atoms with van der Waals surface area (Å²) in [5.74, 6) is 1.09. The van der Waals surface area contributed by atoms with E-state index in [0.717, 1.165) is 30.0 Å². The van der Waals surface area contributed by atoms with Gasteiger partial charge in [0.05, 0.1) is 25.9 Å². The van der Waals surface area contributed by atoms with Gasteiger partial charge in [-0.2, -0.15) is 0 Å². The zero-order valence-electron chi connectivity index (χ0n) is 10.9. The maximum atomic E-state index is 5.92. The SMILES string of the molecule is Brc1ccc2c(c1)C1(CCN(C3COC3)CC1)CO2. The smallest absolute Gasteiger partial charge is 0.123 e. The maximum Gasteiger partial charge on any atom is 0.123 e. The van der Waals surface area contributed by atoms with Crippen LogP contribution in [0.4, 0.5) is 0 Å². The van der Waals surface area contributed by atoms with E-state index in [2.05, 4.69) is 39.0 Å². The summed E-state index contributed by atoms with van der Waals surface area (Å²) in [4.78, 5) is 2.59. The first kappa shape index (κ1) is 12.2. The number of halogens is 1. The van der Waals surface area contributed by atoms with Crippen LogP contribution < -0.4 is 4.74 Å². The van der Waals surface area contributed by atoms with Crippen LogP contribution in [-0.2, 0) is 10.2 Å². The molecular formula is C15H18BrNO2. The fraction of sp³-hybridized carbons (Fsp3) is 0.600. The molecule has 2 fully saturated rings. The number of hydrogen-bond donors (Lipinski definition) is 0. The van der Waals surface area contributed by atoms with Crippen molar-refractivity contribution < 1.29 is 9.47 Å². The Labute approximate surface area is 122 Å². The zero-order chi connectivity index (χ0) is 12.9. The second-order valence-corrected chi connectivity index (χ2v) is 6.85. The number of benzene rings is 1. The molecule has 1 aromatic rings. The molecule has 0 aromatic heterocycles. The Kier molecular flexibility index (Phi) is 2.87. The molecule has 0 saturated carbocycles. The van der Waals surface area contributed by atoms with Gasteiger partial charge in [0.15, 0.2) is 0 Å². The molecule has 4 rings (SSSR count). The minimum atomic E-state index is 0.250. The van der Waals surface area contributed by atoms with Gasteiger partial charge in [0.25, 0.3) is 0 Å². The highest BCUT2D eigenvalue weighted by Crippen LogP contribution is 2.46. The van der Waals surface area contributed by atoms with Crippen LogP contribution in [0.2, 0.25) is 0 Å². The highest BCUT2D eigenvalue weighted by atomic mass is 79.9. The molecule has 0 aliphatic carbocycles. The average molecular weight is 324 g/mol. The Morgan fingerprint density at radius 1 is 1.21 bits per heavy atom. The van der Waals surface area contributed by atoms with Crippen LogP contribution in [-0.4, -0.2) is 43.9 Å². The van der Waals surface area contributed by atoms with Crippen LogP contribution >= 0.6 is 15.9 Å². The number of rotatable bonds is 1. The monoisotopic (exact) mass is 323 g/mol. The summed E-state index contributed by atoms with van der Waals surface area (Å²) in [6.07, 6.45) is 2.40. The van der Waals surface area contributed by atoms with E-state index in [1.54, 1.807) is 0 Å². The van der Waals surface area contributed by atoms with Gasteiger partial charge in [0, 0.05) is 15.5 Å². The molecule has 0 amide bonds. The van der Waals surface area contributed by atoms with Gasteiger partial charge in [0.1, 0.15) is 5.75 Å². The molecule has 4 heteroatoms. The topological polar surface area (TPSA) is 21.7 Å². The Morgan fingerprint density at radius 3 is 2.68 bits per heavy atom. The van der Waals surface area contributed by atoms with Crippen molar-refractivity contribution in [1.82, 2.24) is 4.90 Å². The molecule has 19 heavy (non-hydrogen) atoms. The Bertz CT molecular complexity index is 493. The van der Waals surface area contributed by atoms with Gasteiger partial charge in [0.2, 0.25) is 0 Å². The highest BCUT2D eigenvalue weighted by molar-refractivity contribution is 9.10. The molecule has 2 saturated heterocycles. The van der Waals surface area contributed by atoms with Crippen molar-refractivity contribution in [1.29, 1.82) is 0 Å². The second kappa shape index (κ2) is 4.47. The van der Waals surface area contributed by atoms with Crippen molar-refractivity contribution in [2.75, 3.05) is 32.9 Å². The predicted octanol–water partition coefficient (Wildman–Crippen LogP) is 2.57. The Balaban J connectivity index is 1.56. The molecule has 0 unspecified atom stereocenters. The van der Waals surface area contributed by atoms with Crippen molar-refractivity contribution in [2.24, 2.45) is 0 Å². The first-order chi connectivity index (χ1) is 9.27. The van der Waals surface area contributed by atoms with Crippen LogP contribution in [0.15, 0.2) is 22.7 Å². The van der Waals surface area contributed by atoms with Crippen LogP contribution in [0.5, 0.6) is 5.75 Å². The molecule has 0 atom stereocenters. The van der Waals surface area contributed by atoms with Gasteiger partial charge in [-0.15, -0.1) is 0 Å². The number of fused-ring (bicyclic) bond motifs is 2. The van der Waals surface area contributed by atoms with Gasteiger partial charge in [-0.1, -0.05) is 15.9 Å². The Morgan fingerprint density at radius 2 is 2.00 bits per heavy atom. The third-order valence-corrected chi connectivity index (χ3v) is 5.40. The first-order valence-corrected chi connectivity index (χ1v) is 7.81. The van der Waals surface area contributed by atoms with E-state index in [-0.39, 0.29) is 5.41 Å². The lowest BCUT2D eigenvalue weighted by molar-refractivity contribution is -0.0764. The molecule has 3 heterocycles. The molecule has 0 radical (unpaired) electrons. The van der Waals surface area contributed by atoms with Gasteiger partial charge in [-0.05, 0) is 44.1 Å². The van der Waals surface area contributed by atoms with Crippen LogP contribution in [0.25, 0.3) is 0 Å². The fourth-order valence-electron chi connectivity index (χ4n) is 3.50. The zero-order valence-corrected chi connectivity index (χ0v) is 12.5. The lowest BCUT2D eigenvalue weighted by Crippen LogP contribution is -2.54. The molecule has 102 valence electrons. The second-order valence-electron chi connectivity index (χ2n) is 5.94. The van der Waals surface area contributed by atoms with Gasteiger partial charge in [-0.3, -0.25) is 4.90 Å². The molecule has 0 N–H and O–H groups in total. The van der Waals surface area contributed by atoms with E-state index in [1.165, 1.54) is 31.5 Å². The normalized spacial score (nSPS) is 25.9.